The molecule has 0 aromatic heterocycles. The maximum absolute atomic E-state index is 14.7. The van der Waals surface area contributed by atoms with Crippen LogP contribution in [0.2, 0.25) is 0 Å². The summed E-state index contributed by atoms with van der Waals surface area (Å²) >= 11 is 0. The SMILES string of the molecule is Cc1cccc(N(CC(=O)N(Cc2ccccc2F)[C@@H](C)C(=O)NC2CCCCC2)S(=O)(=O)c2ccccc2)c1C. The highest BCUT2D eigenvalue weighted by molar-refractivity contribution is 7.92. The molecule has 0 heterocycles. The van der Waals surface area contributed by atoms with Crippen molar-refractivity contribution in [2.45, 2.75) is 76.4 Å². The van der Waals surface area contributed by atoms with Gasteiger partial charge in [-0.15, -0.1) is 0 Å². The molecule has 41 heavy (non-hydrogen) atoms. The van der Waals surface area contributed by atoms with Crippen molar-refractivity contribution in [1.29, 1.82) is 0 Å². The van der Waals surface area contributed by atoms with E-state index in [1.807, 2.05) is 13.0 Å². The van der Waals surface area contributed by atoms with Gasteiger partial charge in [0.2, 0.25) is 11.8 Å². The number of carbonyl (C=O) groups excluding carboxylic acids is 2. The van der Waals surface area contributed by atoms with Crippen LogP contribution >= 0.6 is 0 Å². The minimum absolute atomic E-state index is 0.0222. The lowest BCUT2D eigenvalue weighted by Gasteiger charge is -2.33. The standard InChI is InChI=1S/C32H38FN3O4S/c1-23-13-12-20-30(24(23)2)36(41(39,40)28-17-8-5-9-18-28)22-31(37)35(21-26-14-10-11-19-29(26)33)25(3)32(38)34-27-15-6-4-7-16-27/h5,8-14,17-20,25,27H,4,6-7,15-16,21-22H2,1-3H3,(H,34,38)/t25-/m0/s1. The third-order valence-electron chi connectivity index (χ3n) is 7.87. The van der Waals surface area contributed by atoms with E-state index in [1.54, 1.807) is 62.4 Å². The third kappa shape index (κ3) is 7.14. The highest BCUT2D eigenvalue weighted by Crippen LogP contribution is 2.29. The van der Waals surface area contributed by atoms with E-state index in [9.17, 15) is 22.4 Å². The zero-order valence-corrected chi connectivity index (χ0v) is 24.7. The molecule has 7 nitrogen and oxygen atoms in total. The van der Waals surface area contributed by atoms with Crippen LogP contribution in [-0.4, -0.2) is 43.8 Å². The van der Waals surface area contributed by atoms with Gasteiger partial charge in [0.1, 0.15) is 18.4 Å². The first kappa shape index (κ1) is 30.2. The summed E-state index contributed by atoms with van der Waals surface area (Å²) in [7, 11) is -4.16. The van der Waals surface area contributed by atoms with E-state index < -0.39 is 34.3 Å². The topological polar surface area (TPSA) is 86.8 Å². The van der Waals surface area contributed by atoms with E-state index in [1.165, 1.54) is 23.1 Å². The van der Waals surface area contributed by atoms with Crippen molar-refractivity contribution < 1.29 is 22.4 Å². The number of hydrogen-bond acceptors (Lipinski definition) is 4. The summed E-state index contributed by atoms with van der Waals surface area (Å²) in [6, 6.07) is 18.3. The molecule has 3 aromatic carbocycles. The number of aryl methyl sites for hydroxylation is 1. The van der Waals surface area contributed by atoms with Gasteiger partial charge in [0, 0.05) is 18.2 Å². The summed E-state index contributed by atoms with van der Waals surface area (Å²) in [4.78, 5) is 28.8. The van der Waals surface area contributed by atoms with Crippen LogP contribution in [-0.2, 0) is 26.2 Å². The molecule has 1 atom stereocenters. The van der Waals surface area contributed by atoms with Gasteiger partial charge in [-0.3, -0.25) is 13.9 Å². The number of carbonyl (C=O) groups is 2. The molecule has 4 rings (SSSR count). The maximum atomic E-state index is 14.7. The summed E-state index contributed by atoms with van der Waals surface area (Å²) in [5.74, 6) is -1.46. The zero-order valence-electron chi connectivity index (χ0n) is 23.8. The number of sulfonamides is 1. The Balaban J connectivity index is 1.71. The Kier molecular flexibility index (Phi) is 9.81. The Labute approximate surface area is 242 Å². The summed E-state index contributed by atoms with van der Waals surface area (Å²) in [6.45, 7) is 4.54. The van der Waals surface area contributed by atoms with E-state index in [-0.39, 0.29) is 29.0 Å². The number of halogens is 1. The third-order valence-corrected chi connectivity index (χ3v) is 9.65. The number of rotatable bonds is 10. The highest BCUT2D eigenvalue weighted by Gasteiger charge is 2.34. The molecular formula is C32H38FN3O4S. The number of hydrogen-bond donors (Lipinski definition) is 1. The second-order valence-electron chi connectivity index (χ2n) is 10.7. The van der Waals surface area contributed by atoms with Gasteiger partial charge in [-0.25, -0.2) is 12.8 Å². The fourth-order valence-corrected chi connectivity index (χ4v) is 6.69. The van der Waals surface area contributed by atoms with Crippen molar-refractivity contribution in [1.82, 2.24) is 10.2 Å². The van der Waals surface area contributed by atoms with Crippen molar-refractivity contribution in [3.63, 3.8) is 0 Å². The van der Waals surface area contributed by atoms with Crippen molar-refractivity contribution >= 4 is 27.5 Å². The van der Waals surface area contributed by atoms with Crippen molar-refractivity contribution in [3.05, 3.63) is 95.3 Å². The Bertz CT molecular complexity index is 1470. The van der Waals surface area contributed by atoms with Gasteiger partial charge < -0.3 is 10.2 Å². The fourth-order valence-electron chi connectivity index (χ4n) is 5.20. The van der Waals surface area contributed by atoms with Crippen LogP contribution in [0.4, 0.5) is 10.1 Å². The predicted octanol–water partition coefficient (Wildman–Crippen LogP) is 5.50. The molecule has 0 radical (unpaired) electrons. The number of nitrogens with zero attached hydrogens (tertiary/aromatic N) is 2. The van der Waals surface area contributed by atoms with Gasteiger partial charge in [-0.05, 0) is 69.0 Å². The molecular weight excluding hydrogens is 541 g/mol. The van der Waals surface area contributed by atoms with Gasteiger partial charge in [0.15, 0.2) is 0 Å². The molecule has 1 saturated carbocycles. The molecule has 0 aliphatic heterocycles. The fraction of sp³-hybridized carbons (Fsp3) is 0.375. The van der Waals surface area contributed by atoms with Crippen LogP contribution < -0.4 is 9.62 Å². The minimum Gasteiger partial charge on any atom is -0.352 e. The summed E-state index contributed by atoms with van der Waals surface area (Å²) < 4.78 is 43.7. The lowest BCUT2D eigenvalue weighted by atomic mass is 9.95. The molecule has 0 spiro atoms. The van der Waals surface area contributed by atoms with Crippen molar-refractivity contribution in [2.75, 3.05) is 10.8 Å². The van der Waals surface area contributed by atoms with E-state index in [0.717, 1.165) is 42.0 Å². The van der Waals surface area contributed by atoms with Crippen LogP contribution in [0.25, 0.3) is 0 Å². The number of benzene rings is 3. The average Bonchev–Trinajstić information content (AvgIpc) is 2.97. The van der Waals surface area contributed by atoms with E-state index in [0.29, 0.717) is 11.3 Å². The molecule has 1 N–H and O–H groups in total. The highest BCUT2D eigenvalue weighted by atomic mass is 32.2. The molecule has 1 fully saturated rings. The summed E-state index contributed by atoms with van der Waals surface area (Å²) in [6.07, 6.45) is 4.92. The number of anilines is 1. The monoisotopic (exact) mass is 579 g/mol. The van der Waals surface area contributed by atoms with Crippen LogP contribution in [0.15, 0.2) is 77.7 Å². The van der Waals surface area contributed by atoms with Crippen LogP contribution in [0.5, 0.6) is 0 Å². The Morgan fingerprint density at radius 1 is 0.927 bits per heavy atom. The van der Waals surface area contributed by atoms with Gasteiger partial charge in [-0.1, -0.05) is 67.8 Å². The lowest BCUT2D eigenvalue weighted by molar-refractivity contribution is -0.139. The Morgan fingerprint density at radius 2 is 1.59 bits per heavy atom. The van der Waals surface area contributed by atoms with Crippen LogP contribution in [0.3, 0.4) is 0 Å². The number of nitrogens with one attached hydrogen (secondary N) is 1. The molecule has 0 unspecified atom stereocenters. The second-order valence-corrected chi connectivity index (χ2v) is 12.5. The van der Waals surface area contributed by atoms with Gasteiger partial charge in [0.25, 0.3) is 10.0 Å². The number of amides is 2. The predicted molar refractivity (Wildman–Crippen MR) is 158 cm³/mol. The molecule has 9 heteroatoms. The van der Waals surface area contributed by atoms with E-state index in [2.05, 4.69) is 5.32 Å². The molecule has 218 valence electrons. The van der Waals surface area contributed by atoms with Gasteiger partial charge >= 0.3 is 0 Å². The van der Waals surface area contributed by atoms with Crippen molar-refractivity contribution in [3.8, 4) is 0 Å². The Morgan fingerprint density at radius 3 is 2.27 bits per heavy atom. The molecule has 3 aromatic rings. The summed E-state index contributed by atoms with van der Waals surface area (Å²) in [5.41, 5.74) is 2.19. The first-order valence-corrected chi connectivity index (χ1v) is 15.5. The first-order valence-electron chi connectivity index (χ1n) is 14.1. The molecule has 2 amide bonds. The van der Waals surface area contributed by atoms with Crippen LogP contribution in [0.1, 0.15) is 55.7 Å². The molecule has 0 bridgehead atoms. The largest absolute Gasteiger partial charge is 0.352 e. The quantitative estimate of drug-likeness (QED) is 0.344. The summed E-state index contributed by atoms with van der Waals surface area (Å²) in [5, 5.41) is 3.05. The molecule has 0 saturated heterocycles. The smallest absolute Gasteiger partial charge is 0.264 e. The molecule has 1 aliphatic carbocycles. The molecule has 1 aliphatic rings. The maximum Gasteiger partial charge on any atom is 0.264 e. The average molecular weight is 580 g/mol. The minimum atomic E-state index is -4.16. The first-order chi connectivity index (χ1) is 19.6. The van der Waals surface area contributed by atoms with Gasteiger partial charge in [-0.2, -0.15) is 0 Å². The van der Waals surface area contributed by atoms with E-state index in [4.69, 9.17) is 0 Å². The second kappa shape index (κ2) is 13.3. The normalized spacial score (nSPS) is 14.7. The van der Waals surface area contributed by atoms with Crippen LogP contribution in [0, 0.1) is 19.7 Å². The van der Waals surface area contributed by atoms with Gasteiger partial charge in [0.05, 0.1) is 10.6 Å². The van der Waals surface area contributed by atoms with Crippen molar-refractivity contribution in [2.24, 2.45) is 0 Å². The van der Waals surface area contributed by atoms with E-state index >= 15 is 0 Å². The zero-order chi connectivity index (χ0) is 29.6. The Hall–Kier alpha value is -3.72. The lowest BCUT2D eigenvalue weighted by Crippen LogP contribution is -2.53.